The van der Waals surface area contributed by atoms with Crippen molar-refractivity contribution in [2.24, 2.45) is 0 Å². The summed E-state index contributed by atoms with van der Waals surface area (Å²) in [5.41, 5.74) is 6.05. The van der Waals surface area contributed by atoms with Gasteiger partial charge in [-0.2, -0.15) is 0 Å². The summed E-state index contributed by atoms with van der Waals surface area (Å²) in [5, 5.41) is 3.83. The zero-order chi connectivity index (χ0) is 30.2. The van der Waals surface area contributed by atoms with Crippen LogP contribution in [0.4, 0.5) is 15.8 Å². The molecule has 44 heavy (non-hydrogen) atoms. The van der Waals surface area contributed by atoms with Crippen molar-refractivity contribution in [2.45, 2.75) is 64.7 Å². The molecule has 1 N–H and O–H groups in total. The average molecular weight is 596 g/mol. The highest BCUT2D eigenvalue weighted by atomic mass is 19.1. The quantitative estimate of drug-likeness (QED) is 0.309. The van der Waals surface area contributed by atoms with Gasteiger partial charge in [0.1, 0.15) is 0 Å². The number of hydrogen-bond donors (Lipinski definition) is 1. The first-order chi connectivity index (χ1) is 21.4. The Hall–Kier alpha value is -3.82. The molecule has 5 heterocycles. The molecule has 2 saturated heterocycles. The second kappa shape index (κ2) is 12.3. The van der Waals surface area contributed by atoms with Gasteiger partial charge in [0.25, 0.3) is 0 Å². The van der Waals surface area contributed by atoms with E-state index in [0.29, 0.717) is 29.7 Å². The minimum absolute atomic E-state index is 0.0611. The Balaban J connectivity index is 1.25. The lowest BCUT2D eigenvalue weighted by Crippen LogP contribution is -2.48. The molecule has 0 radical (unpaired) electrons. The van der Waals surface area contributed by atoms with Gasteiger partial charge < -0.3 is 19.7 Å². The number of piperidine rings is 1. The highest BCUT2D eigenvalue weighted by molar-refractivity contribution is 5.84. The first-order valence-electron chi connectivity index (χ1n) is 16.1. The molecule has 1 saturated carbocycles. The van der Waals surface area contributed by atoms with Crippen LogP contribution in [-0.2, 0) is 13.1 Å². The van der Waals surface area contributed by atoms with Crippen LogP contribution in [0.15, 0.2) is 59.8 Å². The van der Waals surface area contributed by atoms with Crippen LogP contribution >= 0.6 is 0 Å². The SMILES string of the molecule is Cc1ccc(N2CCC[C@H](N(Cc3ccnc(C)c3)Cc3cn(C4CC4)c4c(F)c(N5CCNCC5)ccc4c3=O)C2)cn1. The molecule has 1 aliphatic carbocycles. The van der Waals surface area contributed by atoms with Gasteiger partial charge in [-0.1, -0.05) is 0 Å². The van der Waals surface area contributed by atoms with E-state index in [1.54, 1.807) is 0 Å². The Bertz CT molecular complexity index is 1690. The normalized spacial score (nSPS) is 19.2. The number of fused-ring (bicyclic) bond motifs is 1. The third kappa shape index (κ3) is 5.95. The smallest absolute Gasteiger partial charge is 0.193 e. The number of piperazine rings is 1. The Morgan fingerprint density at radius 1 is 0.955 bits per heavy atom. The lowest BCUT2D eigenvalue weighted by atomic mass is 10.0. The maximum atomic E-state index is 16.3. The van der Waals surface area contributed by atoms with E-state index in [2.05, 4.69) is 58.8 Å². The minimum Gasteiger partial charge on any atom is -0.369 e. The van der Waals surface area contributed by atoms with Crippen molar-refractivity contribution in [3.05, 3.63) is 93.5 Å². The number of rotatable bonds is 8. The van der Waals surface area contributed by atoms with E-state index in [4.69, 9.17) is 0 Å². The first kappa shape index (κ1) is 28.9. The topological polar surface area (TPSA) is 69.5 Å². The molecule has 0 spiro atoms. The fourth-order valence-electron chi connectivity index (χ4n) is 6.96. The molecule has 3 fully saturated rings. The number of aromatic nitrogens is 3. The lowest BCUT2D eigenvalue weighted by Gasteiger charge is -2.40. The van der Waals surface area contributed by atoms with E-state index in [0.717, 1.165) is 87.6 Å². The molecule has 7 rings (SSSR count). The Labute approximate surface area is 258 Å². The van der Waals surface area contributed by atoms with Gasteiger partial charge in [0.2, 0.25) is 0 Å². The predicted molar refractivity (Wildman–Crippen MR) is 174 cm³/mol. The molecule has 230 valence electrons. The average Bonchev–Trinajstić information content (AvgIpc) is 3.89. The zero-order valence-corrected chi connectivity index (χ0v) is 25.8. The number of hydrogen-bond acceptors (Lipinski definition) is 7. The van der Waals surface area contributed by atoms with Crippen LogP contribution in [0.2, 0.25) is 0 Å². The van der Waals surface area contributed by atoms with Gasteiger partial charge in [-0.25, -0.2) is 4.39 Å². The first-order valence-corrected chi connectivity index (χ1v) is 16.1. The molecule has 9 heteroatoms. The van der Waals surface area contributed by atoms with Gasteiger partial charge >= 0.3 is 0 Å². The van der Waals surface area contributed by atoms with Gasteiger partial charge in [-0.15, -0.1) is 0 Å². The van der Waals surface area contributed by atoms with E-state index < -0.39 is 0 Å². The second-order valence-electron chi connectivity index (χ2n) is 12.8. The van der Waals surface area contributed by atoms with Crippen molar-refractivity contribution in [1.29, 1.82) is 0 Å². The maximum Gasteiger partial charge on any atom is 0.193 e. The Morgan fingerprint density at radius 2 is 1.80 bits per heavy atom. The molecule has 0 bridgehead atoms. The number of benzene rings is 1. The zero-order valence-electron chi connectivity index (χ0n) is 25.8. The van der Waals surface area contributed by atoms with Gasteiger partial charge in [-0.3, -0.25) is 19.7 Å². The van der Waals surface area contributed by atoms with Crippen molar-refractivity contribution >= 4 is 22.3 Å². The molecule has 4 aromatic rings. The largest absolute Gasteiger partial charge is 0.369 e. The molecule has 1 atom stereocenters. The summed E-state index contributed by atoms with van der Waals surface area (Å²) in [6, 6.07) is 12.6. The third-order valence-electron chi connectivity index (χ3n) is 9.48. The van der Waals surface area contributed by atoms with E-state index in [9.17, 15) is 4.79 Å². The van der Waals surface area contributed by atoms with Crippen LogP contribution in [0.3, 0.4) is 0 Å². The summed E-state index contributed by atoms with van der Waals surface area (Å²) in [4.78, 5) is 30.1. The fraction of sp³-hybridized carbons (Fsp3) is 0.457. The summed E-state index contributed by atoms with van der Waals surface area (Å²) in [6.45, 7) is 10.3. The molecule has 0 amide bonds. The lowest BCUT2D eigenvalue weighted by molar-refractivity contribution is 0.158. The van der Waals surface area contributed by atoms with Crippen LogP contribution in [-0.4, -0.2) is 64.7 Å². The highest BCUT2D eigenvalue weighted by Gasteiger charge is 2.31. The number of pyridine rings is 3. The summed E-state index contributed by atoms with van der Waals surface area (Å²) in [6.07, 6.45) is 9.94. The number of halogens is 1. The molecule has 1 aromatic carbocycles. The van der Waals surface area contributed by atoms with Crippen LogP contribution in [0.25, 0.3) is 10.9 Å². The van der Waals surface area contributed by atoms with Crippen molar-refractivity contribution < 1.29 is 4.39 Å². The third-order valence-corrected chi connectivity index (χ3v) is 9.48. The summed E-state index contributed by atoms with van der Waals surface area (Å²) in [5.74, 6) is -0.265. The molecule has 3 aromatic heterocycles. The Kier molecular flexibility index (Phi) is 8.08. The minimum atomic E-state index is -0.265. The molecule has 3 aliphatic rings. The number of nitrogens with one attached hydrogen (secondary N) is 1. The van der Waals surface area contributed by atoms with Crippen molar-refractivity contribution in [2.75, 3.05) is 49.1 Å². The van der Waals surface area contributed by atoms with Crippen LogP contribution < -0.4 is 20.5 Å². The summed E-state index contributed by atoms with van der Waals surface area (Å²) >= 11 is 0. The summed E-state index contributed by atoms with van der Waals surface area (Å²) in [7, 11) is 0. The van der Waals surface area contributed by atoms with E-state index in [1.807, 2.05) is 44.6 Å². The number of nitrogens with zero attached hydrogens (tertiary/aromatic N) is 6. The predicted octanol–water partition coefficient (Wildman–Crippen LogP) is 4.96. The summed E-state index contributed by atoms with van der Waals surface area (Å²) < 4.78 is 18.3. The highest BCUT2D eigenvalue weighted by Crippen LogP contribution is 2.39. The fourth-order valence-corrected chi connectivity index (χ4v) is 6.96. The van der Waals surface area contributed by atoms with E-state index in [-0.39, 0.29) is 23.3 Å². The maximum absolute atomic E-state index is 16.3. The standard InChI is InChI=1S/C35H42FN7O/c1-24-5-6-29(19-39-24)41-15-3-4-30(23-41)42(20-26-11-12-38-25(2)18-26)21-27-22-43(28-7-8-28)34-31(35(27)44)9-10-32(33(34)36)40-16-13-37-14-17-40/h5-6,9-12,18-19,22,28,30,37H,3-4,7-8,13-17,20-21,23H2,1-2H3/t30-/m0/s1. The molecule has 8 nitrogen and oxygen atoms in total. The molecular weight excluding hydrogens is 553 g/mol. The van der Waals surface area contributed by atoms with E-state index >= 15 is 4.39 Å². The van der Waals surface area contributed by atoms with Gasteiger partial charge in [-0.05, 0) is 81.5 Å². The van der Waals surface area contributed by atoms with Crippen molar-refractivity contribution in [3.63, 3.8) is 0 Å². The van der Waals surface area contributed by atoms with Crippen molar-refractivity contribution in [3.8, 4) is 0 Å². The van der Waals surface area contributed by atoms with Crippen molar-refractivity contribution in [1.82, 2.24) is 24.8 Å². The van der Waals surface area contributed by atoms with Crippen LogP contribution in [0.1, 0.15) is 54.2 Å². The van der Waals surface area contributed by atoms with Crippen LogP contribution in [0, 0.1) is 19.7 Å². The molecule has 0 unspecified atom stereocenters. The number of anilines is 2. The Morgan fingerprint density at radius 3 is 2.55 bits per heavy atom. The van der Waals surface area contributed by atoms with Crippen LogP contribution in [0.5, 0.6) is 0 Å². The number of aryl methyl sites for hydroxylation is 2. The van der Waals surface area contributed by atoms with Gasteiger partial charge in [0.05, 0.1) is 23.1 Å². The monoisotopic (exact) mass is 595 g/mol. The van der Waals surface area contributed by atoms with E-state index in [1.165, 1.54) is 5.56 Å². The molecular formula is C35H42FN7O. The van der Waals surface area contributed by atoms with Gasteiger partial charge in [0.15, 0.2) is 11.2 Å². The molecule has 2 aliphatic heterocycles. The second-order valence-corrected chi connectivity index (χ2v) is 12.8. The van der Waals surface area contributed by atoms with Gasteiger partial charge in [0, 0.05) is 99.2 Å².